The van der Waals surface area contributed by atoms with Crippen molar-refractivity contribution in [3.8, 4) is 0 Å². The molecule has 2 rings (SSSR count). The maximum absolute atomic E-state index is 10.5. The highest BCUT2D eigenvalue weighted by Crippen LogP contribution is 2.22. The molecule has 0 aliphatic heterocycles. The van der Waals surface area contributed by atoms with Crippen LogP contribution in [0.5, 0.6) is 0 Å². The summed E-state index contributed by atoms with van der Waals surface area (Å²) in [6, 6.07) is 0.279. The molecule has 0 amide bonds. The van der Waals surface area contributed by atoms with E-state index in [1.165, 1.54) is 6.33 Å². The zero-order chi connectivity index (χ0) is 14.8. The summed E-state index contributed by atoms with van der Waals surface area (Å²) in [6.07, 6.45) is 4.65. The molecule has 0 aromatic carbocycles. The summed E-state index contributed by atoms with van der Waals surface area (Å²) >= 11 is 0. The minimum atomic E-state index is -0.718. The van der Waals surface area contributed by atoms with Crippen LogP contribution in [0.4, 0.5) is 5.82 Å². The zero-order valence-electron chi connectivity index (χ0n) is 12.6. The number of aromatic nitrogens is 4. The Morgan fingerprint density at radius 2 is 1.95 bits per heavy atom. The molecular weight excluding hydrogens is 254 g/mol. The third-order valence-corrected chi connectivity index (χ3v) is 3.61. The standard InChI is InChI=1S/C14H23N5O/c1-5-14(20,6-2)7-19-9-17-11-12(18-10(3)4)15-8-16-13(11)19/h8-10,20H,5-7H2,1-4H3,(H,15,16,18). The Morgan fingerprint density at radius 1 is 1.25 bits per heavy atom. The van der Waals surface area contributed by atoms with Gasteiger partial charge in [-0.15, -0.1) is 0 Å². The number of hydrogen-bond donors (Lipinski definition) is 2. The number of fused-ring (bicyclic) bond motifs is 1. The molecule has 110 valence electrons. The highest BCUT2D eigenvalue weighted by molar-refractivity contribution is 5.82. The van der Waals surface area contributed by atoms with Gasteiger partial charge in [0.2, 0.25) is 0 Å². The lowest BCUT2D eigenvalue weighted by Crippen LogP contribution is -2.32. The Morgan fingerprint density at radius 3 is 2.55 bits per heavy atom. The fraction of sp³-hybridized carbons (Fsp3) is 0.643. The number of nitrogens with zero attached hydrogens (tertiary/aromatic N) is 4. The molecule has 0 spiro atoms. The lowest BCUT2D eigenvalue weighted by atomic mass is 9.97. The zero-order valence-corrected chi connectivity index (χ0v) is 12.6. The normalized spacial score (nSPS) is 12.3. The largest absolute Gasteiger partial charge is 0.388 e. The number of rotatable bonds is 6. The summed E-state index contributed by atoms with van der Waals surface area (Å²) in [4.78, 5) is 12.9. The summed E-state index contributed by atoms with van der Waals surface area (Å²) in [5, 5.41) is 13.7. The van der Waals surface area contributed by atoms with Crippen LogP contribution in [-0.4, -0.2) is 36.3 Å². The minimum absolute atomic E-state index is 0.279. The first-order valence-electron chi connectivity index (χ1n) is 7.14. The fourth-order valence-corrected chi connectivity index (χ4v) is 2.17. The van der Waals surface area contributed by atoms with Gasteiger partial charge in [-0.3, -0.25) is 0 Å². The van der Waals surface area contributed by atoms with E-state index in [4.69, 9.17) is 0 Å². The van der Waals surface area contributed by atoms with Gasteiger partial charge in [0.15, 0.2) is 11.5 Å². The predicted molar refractivity (Wildman–Crippen MR) is 79.6 cm³/mol. The summed E-state index contributed by atoms with van der Waals surface area (Å²) < 4.78 is 1.90. The summed E-state index contributed by atoms with van der Waals surface area (Å²) in [5.74, 6) is 0.736. The Labute approximate surface area is 119 Å². The third-order valence-electron chi connectivity index (χ3n) is 3.61. The Bertz CT molecular complexity index is 574. The van der Waals surface area contributed by atoms with Gasteiger partial charge in [-0.2, -0.15) is 0 Å². The van der Waals surface area contributed by atoms with Gasteiger partial charge in [0.05, 0.1) is 18.5 Å². The Kier molecular flexibility index (Phi) is 4.23. The van der Waals surface area contributed by atoms with Crippen LogP contribution in [0, 0.1) is 0 Å². The van der Waals surface area contributed by atoms with E-state index in [-0.39, 0.29) is 6.04 Å². The van der Waals surface area contributed by atoms with Crippen molar-refractivity contribution in [3.63, 3.8) is 0 Å². The maximum Gasteiger partial charge on any atom is 0.165 e. The summed E-state index contributed by atoms with van der Waals surface area (Å²) in [6.45, 7) is 8.58. The third kappa shape index (κ3) is 2.90. The molecule has 0 aliphatic carbocycles. The molecular formula is C14H23N5O. The topological polar surface area (TPSA) is 75.9 Å². The molecule has 0 atom stereocenters. The SMILES string of the molecule is CCC(O)(CC)Cn1cnc2c(NC(C)C)ncnc21. The molecule has 0 radical (unpaired) electrons. The lowest BCUT2D eigenvalue weighted by Gasteiger charge is -2.25. The monoisotopic (exact) mass is 277 g/mol. The smallest absolute Gasteiger partial charge is 0.165 e. The van der Waals surface area contributed by atoms with Crippen molar-refractivity contribution in [1.29, 1.82) is 0 Å². The molecule has 0 aliphatic rings. The van der Waals surface area contributed by atoms with Crippen molar-refractivity contribution in [2.75, 3.05) is 5.32 Å². The first-order valence-corrected chi connectivity index (χ1v) is 7.14. The summed E-state index contributed by atoms with van der Waals surface area (Å²) in [7, 11) is 0. The van der Waals surface area contributed by atoms with Crippen molar-refractivity contribution in [3.05, 3.63) is 12.7 Å². The van der Waals surface area contributed by atoms with E-state index in [0.29, 0.717) is 19.4 Å². The maximum atomic E-state index is 10.5. The van der Waals surface area contributed by atoms with E-state index < -0.39 is 5.60 Å². The van der Waals surface area contributed by atoms with Crippen LogP contribution >= 0.6 is 0 Å². The first-order chi connectivity index (χ1) is 9.49. The molecule has 20 heavy (non-hydrogen) atoms. The van der Waals surface area contributed by atoms with Crippen LogP contribution < -0.4 is 5.32 Å². The van der Waals surface area contributed by atoms with Gasteiger partial charge in [0.1, 0.15) is 11.8 Å². The van der Waals surface area contributed by atoms with Gasteiger partial charge < -0.3 is 15.0 Å². The van der Waals surface area contributed by atoms with E-state index in [1.807, 2.05) is 18.4 Å². The van der Waals surface area contributed by atoms with Crippen LogP contribution in [0.15, 0.2) is 12.7 Å². The molecule has 2 N–H and O–H groups in total. The van der Waals surface area contributed by atoms with Crippen molar-refractivity contribution in [2.45, 2.75) is 58.7 Å². The van der Waals surface area contributed by atoms with Crippen molar-refractivity contribution in [2.24, 2.45) is 0 Å². The van der Waals surface area contributed by atoms with E-state index in [1.54, 1.807) is 6.33 Å². The molecule has 2 aromatic rings. The van der Waals surface area contributed by atoms with Gasteiger partial charge in [0.25, 0.3) is 0 Å². The van der Waals surface area contributed by atoms with Crippen molar-refractivity contribution < 1.29 is 5.11 Å². The van der Waals surface area contributed by atoms with E-state index >= 15 is 0 Å². The molecule has 6 nitrogen and oxygen atoms in total. The van der Waals surface area contributed by atoms with Gasteiger partial charge in [-0.1, -0.05) is 13.8 Å². The molecule has 0 saturated heterocycles. The van der Waals surface area contributed by atoms with Gasteiger partial charge in [-0.25, -0.2) is 15.0 Å². The van der Waals surface area contributed by atoms with Crippen molar-refractivity contribution >= 4 is 17.0 Å². The number of imidazole rings is 1. The molecule has 0 fully saturated rings. The van der Waals surface area contributed by atoms with E-state index in [0.717, 1.165) is 17.0 Å². The molecule has 6 heteroatoms. The van der Waals surface area contributed by atoms with E-state index in [2.05, 4.69) is 34.1 Å². The highest BCUT2D eigenvalue weighted by atomic mass is 16.3. The van der Waals surface area contributed by atoms with Crippen LogP contribution in [0.25, 0.3) is 11.2 Å². The molecule has 0 unspecified atom stereocenters. The second-order valence-corrected chi connectivity index (χ2v) is 5.50. The Balaban J connectivity index is 2.37. The predicted octanol–water partition coefficient (Wildman–Crippen LogP) is 2.20. The van der Waals surface area contributed by atoms with Gasteiger partial charge in [0, 0.05) is 6.04 Å². The number of aliphatic hydroxyl groups is 1. The Hall–Kier alpha value is -1.69. The minimum Gasteiger partial charge on any atom is -0.388 e. The fourth-order valence-electron chi connectivity index (χ4n) is 2.17. The van der Waals surface area contributed by atoms with Crippen molar-refractivity contribution in [1.82, 2.24) is 19.5 Å². The molecule has 0 saturated carbocycles. The van der Waals surface area contributed by atoms with Gasteiger partial charge >= 0.3 is 0 Å². The van der Waals surface area contributed by atoms with Crippen LogP contribution in [0.2, 0.25) is 0 Å². The quantitative estimate of drug-likeness (QED) is 0.846. The second kappa shape index (κ2) is 5.75. The lowest BCUT2D eigenvalue weighted by molar-refractivity contribution is 0.0159. The number of anilines is 1. The average Bonchev–Trinajstić information content (AvgIpc) is 2.82. The molecule has 0 bridgehead atoms. The van der Waals surface area contributed by atoms with Crippen LogP contribution in [0.3, 0.4) is 0 Å². The van der Waals surface area contributed by atoms with E-state index in [9.17, 15) is 5.11 Å². The first kappa shape index (κ1) is 14.7. The van der Waals surface area contributed by atoms with Crippen LogP contribution in [0.1, 0.15) is 40.5 Å². The second-order valence-electron chi connectivity index (χ2n) is 5.50. The number of hydrogen-bond acceptors (Lipinski definition) is 5. The number of nitrogens with one attached hydrogen (secondary N) is 1. The molecule has 2 aromatic heterocycles. The summed E-state index contributed by atoms with van der Waals surface area (Å²) in [5.41, 5.74) is 0.781. The average molecular weight is 277 g/mol. The van der Waals surface area contributed by atoms with Crippen LogP contribution in [-0.2, 0) is 6.54 Å². The molecule has 2 heterocycles. The highest BCUT2D eigenvalue weighted by Gasteiger charge is 2.24. The van der Waals surface area contributed by atoms with Gasteiger partial charge in [-0.05, 0) is 26.7 Å².